The minimum Gasteiger partial charge on any atom is -0.325 e. The molecule has 1 aromatic carbocycles. The van der Waals surface area contributed by atoms with Crippen LogP contribution in [-0.4, -0.2) is 17.4 Å². The Labute approximate surface area is 126 Å². The number of carbonyl (C=O) groups excluding carboxylic acids is 1. The van der Waals surface area contributed by atoms with E-state index in [9.17, 15) is 4.79 Å². The molecule has 0 radical (unpaired) electrons. The number of para-hydroxylation sites is 1. The Morgan fingerprint density at radius 2 is 1.95 bits per heavy atom. The third-order valence-corrected chi connectivity index (χ3v) is 3.40. The third kappa shape index (κ3) is 4.75. The summed E-state index contributed by atoms with van der Waals surface area (Å²) < 4.78 is 0.884. The maximum Gasteiger partial charge on any atom is 0.225 e. The van der Waals surface area contributed by atoms with Crippen LogP contribution in [0.4, 0.5) is 5.69 Å². The molecular formula is C15H16BrN3O. The van der Waals surface area contributed by atoms with Gasteiger partial charge < -0.3 is 10.6 Å². The third-order valence-electron chi connectivity index (χ3n) is 2.71. The van der Waals surface area contributed by atoms with Crippen molar-refractivity contribution in [1.82, 2.24) is 10.3 Å². The number of hydrogen-bond acceptors (Lipinski definition) is 3. The topological polar surface area (TPSA) is 54.0 Å². The number of anilines is 1. The maximum atomic E-state index is 11.8. The van der Waals surface area contributed by atoms with Crippen molar-refractivity contribution in [2.45, 2.75) is 13.0 Å². The molecular weight excluding hydrogens is 318 g/mol. The highest BCUT2D eigenvalue weighted by atomic mass is 79.9. The van der Waals surface area contributed by atoms with Crippen LogP contribution in [0.15, 0.2) is 53.1 Å². The summed E-state index contributed by atoms with van der Waals surface area (Å²) in [6, 6.07) is 13.3. The molecule has 4 nitrogen and oxygen atoms in total. The van der Waals surface area contributed by atoms with Crippen LogP contribution in [0.2, 0.25) is 0 Å². The lowest BCUT2D eigenvalue weighted by Crippen LogP contribution is -2.22. The molecule has 0 saturated carbocycles. The van der Waals surface area contributed by atoms with Crippen LogP contribution in [-0.2, 0) is 11.3 Å². The van der Waals surface area contributed by atoms with Gasteiger partial charge in [-0.05, 0) is 40.2 Å². The molecule has 2 N–H and O–H groups in total. The van der Waals surface area contributed by atoms with Crippen molar-refractivity contribution >= 4 is 27.5 Å². The second-order valence-electron chi connectivity index (χ2n) is 4.28. The van der Waals surface area contributed by atoms with Crippen LogP contribution in [0.5, 0.6) is 0 Å². The van der Waals surface area contributed by atoms with Crippen molar-refractivity contribution in [2.24, 2.45) is 0 Å². The molecule has 1 amide bonds. The SMILES string of the molecule is O=C(CCNCc1ccccn1)Nc1ccccc1Br. The number of nitrogens with one attached hydrogen (secondary N) is 2. The molecule has 0 spiro atoms. The lowest BCUT2D eigenvalue weighted by molar-refractivity contribution is -0.116. The summed E-state index contributed by atoms with van der Waals surface area (Å²) >= 11 is 3.40. The highest BCUT2D eigenvalue weighted by Crippen LogP contribution is 2.21. The van der Waals surface area contributed by atoms with E-state index in [0.717, 1.165) is 15.9 Å². The van der Waals surface area contributed by atoms with Gasteiger partial charge in [-0.25, -0.2) is 0 Å². The summed E-state index contributed by atoms with van der Waals surface area (Å²) in [6.45, 7) is 1.29. The molecule has 0 saturated heterocycles. The van der Waals surface area contributed by atoms with Crippen molar-refractivity contribution < 1.29 is 4.79 Å². The number of carbonyl (C=O) groups is 1. The van der Waals surface area contributed by atoms with Crippen LogP contribution in [0.1, 0.15) is 12.1 Å². The van der Waals surface area contributed by atoms with E-state index in [-0.39, 0.29) is 5.91 Å². The number of amides is 1. The molecule has 5 heteroatoms. The second kappa shape index (κ2) is 7.77. The normalized spacial score (nSPS) is 10.2. The Morgan fingerprint density at radius 1 is 1.15 bits per heavy atom. The smallest absolute Gasteiger partial charge is 0.225 e. The molecule has 0 bridgehead atoms. The molecule has 104 valence electrons. The minimum atomic E-state index is -0.00887. The van der Waals surface area contributed by atoms with Crippen molar-refractivity contribution in [2.75, 3.05) is 11.9 Å². The Balaban J connectivity index is 1.69. The molecule has 0 unspecified atom stereocenters. The number of benzene rings is 1. The minimum absolute atomic E-state index is 0.00887. The van der Waals surface area contributed by atoms with Crippen LogP contribution >= 0.6 is 15.9 Å². The number of rotatable bonds is 6. The zero-order chi connectivity index (χ0) is 14.2. The van der Waals surface area contributed by atoms with Crippen LogP contribution in [0.25, 0.3) is 0 Å². The van der Waals surface area contributed by atoms with Gasteiger partial charge in [0, 0.05) is 30.2 Å². The predicted octanol–water partition coefficient (Wildman–Crippen LogP) is 2.96. The van der Waals surface area contributed by atoms with E-state index in [4.69, 9.17) is 0 Å². The van der Waals surface area contributed by atoms with E-state index in [0.29, 0.717) is 19.5 Å². The predicted molar refractivity (Wildman–Crippen MR) is 83.3 cm³/mol. The number of nitrogens with zero attached hydrogens (tertiary/aromatic N) is 1. The number of pyridine rings is 1. The highest BCUT2D eigenvalue weighted by molar-refractivity contribution is 9.10. The summed E-state index contributed by atoms with van der Waals surface area (Å²) in [6.07, 6.45) is 2.19. The van der Waals surface area contributed by atoms with Gasteiger partial charge in [0.2, 0.25) is 5.91 Å². The first kappa shape index (κ1) is 14.7. The summed E-state index contributed by atoms with van der Waals surface area (Å²) in [5, 5.41) is 6.07. The van der Waals surface area contributed by atoms with E-state index < -0.39 is 0 Å². The molecule has 0 aliphatic carbocycles. The summed E-state index contributed by atoms with van der Waals surface area (Å²) in [4.78, 5) is 16.0. The van der Waals surface area contributed by atoms with Crippen LogP contribution in [0, 0.1) is 0 Å². The standard InChI is InChI=1S/C15H16BrN3O/c16-13-6-1-2-7-14(13)19-15(20)8-10-17-11-12-5-3-4-9-18-12/h1-7,9,17H,8,10-11H2,(H,19,20). The Bertz CT molecular complexity index is 560. The van der Waals surface area contributed by atoms with Gasteiger partial charge in [0.15, 0.2) is 0 Å². The molecule has 2 rings (SSSR count). The molecule has 1 aromatic heterocycles. The average Bonchev–Trinajstić information content (AvgIpc) is 2.47. The van der Waals surface area contributed by atoms with Crippen LogP contribution in [0.3, 0.4) is 0 Å². The van der Waals surface area contributed by atoms with Crippen molar-refractivity contribution in [1.29, 1.82) is 0 Å². The van der Waals surface area contributed by atoms with Crippen LogP contribution < -0.4 is 10.6 Å². The van der Waals surface area contributed by atoms with Gasteiger partial charge in [-0.1, -0.05) is 18.2 Å². The fourth-order valence-corrected chi connectivity index (χ4v) is 2.08. The van der Waals surface area contributed by atoms with Crippen molar-refractivity contribution in [3.63, 3.8) is 0 Å². The number of aromatic nitrogens is 1. The summed E-state index contributed by atoms with van der Waals surface area (Å²) in [5.74, 6) is -0.00887. The lowest BCUT2D eigenvalue weighted by atomic mass is 10.3. The zero-order valence-electron chi connectivity index (χ0n) is 11.0. The van der Waals surface area contributed by atoms with Gasteiger partial charge in [0.25, 0.3) is 0 Å². The molecule has 2 aromatic rings. The van der Waals surface area contributed by atoms with E-state index >= 15 is 0 Å². The summed E-state index contributed by atoms with van der Waals surface area (Å²) in [5.41, 5.74) is 1.76. The van der Waals surface area contributed by atoms with Gasteiger partial charge in [0.05, 0.1) is 11.4 Å². The van der Waals surface area contributed by atoms with Gasteiger partial charge >= 0.3 is 0 Å². The van der Waals surface area contributed by atoms with Gasteiger partial charge in [-0.2, -0.15) is 0 Å². The molecule has 0 fully saturated rings. The largest absolute Gasteiger partial charge is 0.325 e. The molecule has 0 aliphatic heterocycles. The van der Waals surface area contributed by atoms with Gasteiger partial charge in [-0.15, -0.1) is 0 Å². The molecule has 0 aliphatic rings. The zero-order valence-corrected chi connectivity index (χ0v) is 12.6. The first-order valence-electron chi connectivity index (χ1n) is 6.41. The Hall–Kier alpha value is -1.72. The quantitative estimate of drug-likeness (QED) is 0.799. The second-order valence-corrected chi connectivity index (χ2v) is 5.13. The maximum absolute atomic E-state index is 11.8. The lowest BCUT2D eigenvalue weighted by Gasteiger charge is -2.07. The first-order chi connectivity index (χ1) is 9.75. The van der Waals surface area contributed by atoms with Crippen molar-refractivity contribution in [3.8, 4) is 0 Å². The number of hydrogen-bond donors (Lipinski definition) is 2. The van der Waals surface area contributed by atoms with E-state index in [1.807, 2.05) is 42.5 Å². The Kier molecular flexibility index (Phi) is 5.70. The average molecular weight is 334 g/mol. The van der Waals surface area contributed by atoms with Crippen molar-refractivity contribution in [3.05, 3.63) is 58.8 Å². The molecule has 0 atom stereocenters. The Morgan fingerprint density at radius 3 is 2.70 bits per heavy atom. The van der Waals surface area contributed by atoms with E-state index in [1.165, 1.54) is 0 Å². The fourth-order valence-electron chi connectivity index (χ4n) is 1.70. The monoisotopic (exact) mass is 333 g/mol. The molecule has 20 heavy (non-hydrogen) atoms. The van der Waals surface area contributed by atoms with E-state index in [2.05, 4.69) is 31.5 Å². The fraction of sp³-hybridized carbons (Fsp3) is 0.200. The molecule has 1 heterocycles. The first-order valence-corrected chi connectivity index (χ1v) is 7.20. The van der Waals surface area contributed by atoms with E-state index in [1.54, 1.807) is 6.20 Å². The highest BCUT2D eigenvalue weighted by Gasteiger charge is 2.04. The van der Waals surface area contributed by atoms with Gasteiger partial charge in [-0.3, -0.25) is 9.78 Å². The number of halogens is 1. The summed E-state index contributed by atoms with van der Waals surface area (Å²) in [7, 11) is 0. The van der Waals surface area contributed by atoms with Gasteiger partial charge in [0.1, 0.15) is 0 Å².